The molecular weight excluding hydrogens is 285 g/mol. The summed E-state index contributed by atoms with van der Waals surface area (Å²) in [5, 5.41) is 0. The third kappa shape index (κ3) is 3.31. The molecule has 2 aromatic rings. The van der Waals surface area contributed by atoms with Crippen LogP contribution < -0.4 is 10.5 Å². The van der Waals surface area contributed by atoms with Crippen LogP contribution in [0, 0.1) is 0 Å². The number of rotatable bonds is 3. The molecule has 0 atom stereocenters. The molecule has 0 unspecified atom stereocenters. The molecule has 0 radical (unpaired) electrons. The molecule has 0 aliphatic heterocycles. The third-order valence-corrected chi connectivity index (χ3v) is 2.67. The first-order valence-corrected chi connectivity index (χ1v) is 5.89. The summed E-state index contributed by atoms with van der Waals surface area (Å²) in [5.41, 5.74) is 4.94. The second-order valence-corrected chi connectivity index (χ2v) is 4.27. The molecule has 1 aromatic heterocycles. The van der Waals surface area contributed by atoms with Crippen molar-refractivity contribution in [2.45, 2.75) is 13.1 Å². The molecule has 0 bridgehead atoms. The van der Waals surface area contributed by atoms with Gasteiger partial charge in [-0.1, -0.05) is 0 Å². The summed E-state index contributed by atoms with van der Waals surface area (Å²) in [6, 6.07) is 6.12. The van der Waals surface area contributed by atoms with E-state index in [2.05, 4.69) is 4.98 Å². The zero-order chi connectivity index (χ0) is 15.6. The molecule has 1 aromatic carbocycles. The van der Waals surface area contributed by atoms with Crippen LogP contribution in [0.25, 0.3) is 0 Å². The summed E-state index contributed by atoms with van der Waals surface area (Å²) < 4.78 is 43.8. The lowest BCUT2D eigenvalue weighted by Crippen LogP contribution is -2.09. The zero-order valence-corrected chi connectivity index (χ0v) is 10.9. The minimum absolute atomic E-state index is 0.0269. The van der Waals surface area contributed by atoms with Crippen molar-refractivity contribution in [2.75, 3.05) is 5.73 Å². The first-order valence-electron chi connectivity index (χ1n) is 5.89. The number of nitrogen functional groups attached to an aromatic ring is 1. The van der Waals surface area contributed by atoms with E-state index in [1.165, 1.54) is 31.3 Å². The van der Waals surface area contributed by atoms with Crippen molar-refractivity contribution in [3.63, 3.8) is 0 Å². The van der Waals surface area contributed by atoms with E-state index in [0.717, 1.165) is 12.1 Å². The van der Waals surface area contributed by atoms with Gasteiger partial charge in [-0.05, 0) is 37.3 Å². The van der Waals surface area contributed by atoms with E-state index in [1.54, 1.807) is 0 Å². The highest BCUT2D eigenvalue weighted by molar-refractivity contribution is 5.97. The molecule has 110 valence electrons. The Morgan fingerprint density at radius 2 is 2.00 bits per heavy atom. The Morgan fingerprint density at radius 3 is 2.62 bits per heavy atom. The van der Waals surface area contributed by atoms with Gasteiger partial charge >= 0.3 is 6.18 Å². The fraction of sp³-hybridized carbons (Fsp3) is 0.143. The molecule has 0 spiro atoms. The number of hydrogen-bond donors (Lipinski definition) is 1. The molecule has 0 amide bonds. The van der Waals surface area contributed by atoms with E-state index in [4.69, 9.17) is 10.5 Å². The van der Waals surface area contributed by atoms with Gasteiger partial charge in [0, 0.05) is 11.9 Å². The van der Waals surface area contributed by atoms with Crippen molar-refractivity contribution in [1.29, 1.82) is 0 Å². The summed E-state index contributed by atoms with van der Waals surface area (Å²) in [4.78, 5) is 15.1. The van der Waals surface area contributed by atoms with Gasteiger partial charge in [0.05, 0.1) is 5.56 Å². The first-order chi connectivity index (χ1) is 9.79. The van der Waals surface area contributed by atoms with E-state index < -0.39 is 17.6 Å². The van der Waals surface area contributed by atoms with Gasteiger partial charge in [0.25, 0.3) is 0 Å². The van der Waals surface area contributed by atoms with Gasteiger partial charge in [-0.15, -0.1) is 0 Å². The quantitative estimate of drug-likeness (QED) is 0.693. The number of carbonyl (C=O) groups excluding carboxylic acids is 1. The maximum atomic E-state index is 12.9. The number of ketones is 1. The molecule has 0 saturated heterocycles. The number of nitrogens with two attached hydrogens (primary N) is 1. The average molecular weight is 296 g/mol. The molecule has 7 heteroatoms. The SMILES string of the molecule is CC(=O)c1cc(N)ccc1Oc1ncccc1C(F)(F)F. The molecule has 1 heterocycles. The number of alkyl halides is 3. The Hall–Kier alpha value is -2.57. The summed E-state index contributed by atoms with van der Waals surface area (Å²) in [6.45, 7) is 1.27. The number of halogens is 3. The molecule has 2 N–H and O–H groups in total. The first kappa shape index (κ1) is 14.8. The van der Waals surface area contributed by atoms with Crippen LogP contribution >= 0.6 is 0 Å². The standard InChI is InChI=1S/C14H11F3N2O2/c1-8(20)10-7-9(18)4-5-12(10)21-13-11(14(15,16)17)3-2-6-19-13/h2-7H,18H2,1H3. The molecule has 0 saturated carbocycles. The van der Waals surface area contributed by atoms with Crippen LogP contribution in [-0.2, 0) is 6.18 Å². The van der Waals surface area contributed by atoms with Crippen LogP contribution in [0.1, 0.15) is 22.8 Å². The zero-order valence-electron chi connectivity index (χ0n) is 10.9. The van der Waals surface area contributed by atoms with Crippen molar-refractivity contribution in [2.24, 2.45) is 0 Å². The minimum atomic E-state index is -4.60. The molecule has 0 aliphatic rings. The minimum Gasteiger partial charge on any atom is -0.438 e. The molecule has 0 aliphatic carbocycles. The number of nitrogens with zero attached hydrogens (tertiary/aromatic N) is 1. The van der Waals surface area contributed by atoms with E-state index in [9.17, 15) is 18.0 Å². The molecule has 2 rings (SSSR count). The van der Waals surface area contributed by atoms with Crippen molar-refractivity contribution in [3.05, 3.63) is 47.7 Å². The van der Waals surface area contributed by atoms with Crippen molar-refractivity contribution in [3.8, 4) is 11.6 Å². The molecule has 0 fully saturated rings. The number of aromatic nitrogens is 1. The lowest BCUT2D eigenvalue weighted by molar-refractivity contribution is -0.138. The van der Waals surface area contributed by atoms with E-state index in [-0.39, 0.29) is 17.1 Å². The number of anilines is 1. The Bertz CT molecular complexity index is 684. The predicted octanol–water partition coefficient (Wildman–Crippen LogP) is 3.68. The van der Waals surface area contributed by atoms with Gasteiger partial charge < -0.3 is 10.5 Å². The summed E-state index contributed by atoms with van der Waals surface area (Å²) in [5.74, 6) is -1.01. The van der Waals surface area contributed by atoms with E-state index in [0.29, 0.717) is 5.69 Å². The van der Waals surface area contributed by atoms with Crippen LogP contribution in [0.15, 0.2) is 36.5 Å². The van der Waals surface area contributed by atoms with Gasteiger partial charge in [-0.25, -0.2) is 4.98 Å². The topological polar surface area (TPSA) is 65.2 Å². The third-order valence-electron chi connectivity index (χ3n) is 2.67. The van der Waals surface area contributed by atoms with Crippen LogP contribution in [-0.4, -0.2) is 10.8 Å². The number of Topliss-reactive ketones (excluding diaryl/α,β-unsaturated/α-hetero) is 1. The lowest BCUT2D eigenvalue weighted by atomic mass is 10.1. The highest BCUT2D eigenvalue weighted by Crippen LogP contribution is 2.37. The summed E-state index contributed by atoms with van der Waals surface area (Å²) in [7, 11) is 0. The second kappa shape index (κ2) is 5.43. The predicted molar refractivity (Wildman–Crippen MR) is 70.2 cm³/mol. The Labute approximate surface area is 118 Å². The number of hydrogen-bond acceptors (Lipinski definition) is 4. The van der Waals surface area contributed by atoms with Crippen LogP contribution in [0.5, 0.6) is 11.6 Å². The fourth-order valence-electron chi connectivity index (χ4n) is 1.70. The smallest absolute Gasteiger partial charge is 0.421 e. The van der Waals surface area contributed by atoms with Crippen molar-refractivity contribution >= 4 is 11.5 Å². The van der Waals surface area contributed by atoms with Crippen LogP contribution in [0.3, 0.4) is 0 Å². The number of ether oxygens (including phenoxy) is 1. The van der Waals surface area contributed by atoms with Crippen LogP contribution in [0.2, 0.25) is 0 Å². The highest BCUT2D eigenvalue weighted by Gasteiger charge is 2.35. The fourth-order valence-corrected chi connectivity index (χ4v) is 1.70. The Kier molecular flexibility index (Phi) is 3.84. The lowest BCUT2D eigenvalue weighted by Gasteiger charge is -2.14. The number of benzene rings is 1. The average Bonchev–Trinajstić information content (AvgIpc) is 2.40. The Balaban J connectivity index is 2.47. The van der Waals surface area contributed by atoms with Gasteiger partial charge in [0.1, 0.15) is 11.3 Å². The van der Waals surface area contributed by atoms with Gasteiger partial charge in [0.2, 0.25) is 5.88 Å². The summed E-state index contributed by atoms with van der Waals surface area (Å²) >= 11 is 0. The normalized spacial score (nSPS) is 11.2. The largest absolute Gasteiger partial charge is 0.438 e. The monoisotopic (exact) mass is 296 g/mol. The van der Waals surface area contributed by atoms with Crippen molar-refractivity contribution < 1.29 is 22.7 Å². The molecule has 21 heavy (non-hydrogen) atoms. The van der Waals surface area contributed by atoms with E-state index >= 15 is 0 Å². The molecule has 4 nitrogen and oxygen atoms in total. The van der Waals surface area contributed by atoms with Crippen LogP contribution in [0.4, 0.5) is 18.9 Å². The molecular formula is C14H11F3N2O2. The number of carbonyl (C=O) groups is 1. The maximum Gasteiger partial charge on any atom is 0.421 e. The van der Waals surface area contributed by atoms with Gasteiger partial charge in [-0.2, -0.15) is 13.2 Å². The maximum absolute atomic E-state index is 12.9. The highest BCUT2D eigenvalue weighted by atomic mass is 19.4. The summed E-state index contributed by atoms with van der Waals surface area (Å²) in [6.07, 6.45) is -3.43. The van der Waals surface area contributed by atoms with Crippen molar-refractivity contribution in [1.82, 2.24) is 4.98 Å². The number of pyridine rings is 1. The van der Waals surface area contributed by atoms with Gasteiger partial charge in [0.15, 0.2) is 5.78 Å². The second-order valence-electron chi connectivity index (χ2n) is 4.27. The van der Waals surface area contributed by atoms with E-state index in [1.807, 2.05) is 0 Å². The Morgan fingerprint density at radius 1 is 1.29 bits per heavy atom. The van der Waals surface area contributed by atoms with Gasteiger partial charge in [-0.3, -0.25) is 4.79 Å².